The molecule has 4 aliphatic rings. The predicted octanol–water partition coefficient (Wildman–Crippen LogP) is 4.29. The van der Waals surface area contributed by atoms with Gasteiger partial charge in [-0.3, -0.25) is 14.4 Å². The number of nitrogens with one attached hydrogen (secondary N) is 2. The molecule has 0 fully saturated rings. The van der Waals surface area contributed by atoms with Gasteiger partial charge >= 0.3 is 18.0 Å². The van der Waals surface area contributed by atoms with Gasteiger partial charge in [-0.25, -0.2) is 23.8 Å². The third kappa shape index (κ3) is 6.47. The summed E-state index contributed by atoms with van der Waals surface area (Å²) in [4.78, 5) is 81.8. The zero-order valence-electron chi connectivity index (χ0n) is 31.0. The van der Waals surface area contributed by atoms with Crippen molar-refractivity contribution in [1.82, 2.24) is 20.2 Å². The maximum atomic E-state index is 15.3. The van der Waals surface area contributed by atoms with Gasteiger partial charge in [-0.05, 0) is 87.6 Å². The molecular weight excluding hydrogens is 715 g/mol. The SMILES string of the molecule is CC[C@@]1(O)C(=O)OCc2c1cc1n(c2=O)Cc2c-1nc1cc(F)c(C)c3c1c2[C@@H](NC(=O)O[C@H]1/C=C/CC[C@@](C)(C(=O)N[C@@H](CC(C)=O)C(=O)O)CC1)CC3. The molecule has 3 aromatic rings. The smallest absolute Gasteiger partial charge is 0.408 e. The fourth-order valence-corrected chi connectivity index (χ4v) is 8.49. The van der Waals surface area contributed by atoms with Crippen LogP contribution < -0.4 is 16.2 Å². The quantitative estimate of drug-likeness (QED) is 0.147. The number of aromatic nitrogens is 2. The Morgan fingerprint density at radius 3 is 2.62 bits per heavy atom. The molecule has 14 nitrogen and oxygen atoms in total. The van der Waals surface area contributed by atoms with E-state index >= 15 is 4.39 Å². The molecule has 290 valence electrons. The van der Waals surface area contributed by atoms with Gasteiger partial charge in [0.25, 0.3) is 5.56 Å². The maximum Gasteiger partial charge on any atom is 0.408 e. The van der Waals surface area contributed by atoms with Gasteiger partial charge in [0.1, 0.15) is 30.4 Å². The Morgan fingerprint density at radius 2 is 1.91 bits per heavy atom. The van der Waals surface area contributed by atoms with E-state index in [0.29, 0.717) is 64.7 Å². The Labute approximate surface area is 315 Å². The molecule has 2 aromatic heterocycles. The number of carbonyl (C=O) groups is 5. The molecule has 0 saturated heterocycles. The van der Waals surface area contributed by atoms with Crippen LogP contribution in [0.5, 0.6) is 0 Å². The number of fused-ring (bicyclic) bond motifs is 5. The summed E-state index contributed by atoms with van der Waals surface area (Å²) in [5.74, 6) is -3.45. The zero-order valence-corrected chi connectivity index (χ0v) is 31.0. The number of hydrogen-bond acceptors (Lipinski definition) is 10. The first-order chi connectivity index (χ1) is 26.1. The van der Waals surface area contributed by atoms with E-state index in [1.807, 2.05) is 6.08 Å². The number of aryl methyl sites for hydroxylation is 1. The number of rotatable bonds is 8. The van der Waals surface area contributed by atoms with Gasteiger partial charge in [-0.1, -0.05) is 19.9 Å². The lowest BCUT2D eigenvalue weighted by Gasteiger charge is -2.32. The molecule has 0 radical (unpaired) electrons. The van der Waals surface area contributed by atoms with Crippen molar-refractivity contribution in [2.75, 3.05) is 0 Å². The number of aliphatic carboxylic acids is 1. The van der Waals surface area contributed by atoms with E-state index in [1.165, 1.54) is 17.6 Å². The standard InChI is InChI=1S/C40H43FN4O10/c1-5-40(53)25-15-30-33-23(17-45(30)34(47)24(25)18-54-37(40)51)32-27(10-9-22-20(3)26(41)16-28(42-33)31(22)32)44-38(52)55-21-8-6-7-12-39(4,13-11-21)36(50)43-29(35(48)49)14-19(2)46/h6,8,15-16,21,27,29,53H,5,7,9-14,17-18H2,1-4H3,(H,43,50)(H,44,52)(H,48,49)/b8-6+/t21-,27-,29-,39+,40-/m0/s1. The van der Waals surface area contributed by atoms with Crippen LogP contribution in [0.3, 0.4) is 0 Å². The molecule has 5 atom stereocenters. The minimum atomic E-state index is -2.02. The lowest BCUT2D eigenvalue weighted by Crippen LogP contribution is -2.48. The van der Waals surface area contributed by atoms with Crippen molar-refractivity contribution >= 4 is 40.6 Å². The van der Waals surface area contributed by atoms with Crippen LogP contribution in [-0.2, 0) is 53.8 Å². The Bertz CT molecular complexity index is 2280. The van der Waals surface area contributed by atoms with Crippen molar-refractivity contribution in [3.8, 4) is 11.4 Å². The number of hydrogen-bond donors (Lipinski definition) is 4. The number of aliphatic hydroxyl groups is 1. The Hall–Kier alpha value is -5.44. The van der Waals surface area contributed by atoms with Crippen LogP contribution in [0.15, 0.2) is 29.1 Å². The van der Waals surface area contributed by atoms with E-state index in [0.717, 1.165) is 5.56 Å². The van der Waals surface area contributed by atoms with Crippen molar-refractivity contribution in [3.05, 3.63) is 73.8 Å². The third-order valence-electron chi connectivity index (χ3n) is 11.8. The Morgan fingerprint density at radius 1 is 1.15 bits per heavy atom. The highest BCUT2D eigenvalue weighted by molar-refractivity contribution is 5.94. The van der Waals surface area contributed by atoms with Gasteiger partial charge in [-0.15, -0.1) is 0 Å². The molecule has 0 unspecified atom stereocenters. The number of Topliss-reactive ketones (excluding diaryl/α,β-unsaturated/α-hetero) is 1. The Balaban J connectivity index is 1.18. The number of amides is 2. The van der Waals surface area contributed by atoms with Gasteiger partial charge in [0.05, 0.1) is 35.1 Å². The van der Waals surface area contributed by atoms with E-state index in [2.05, 4.69) is 10.6 Å². The number of cyclic esters (lactones) is 1. The summed E-state index contributed by atoms with van der Waals surface area (Å²) in [6, 6.07) is 0.952. The first-order valence-electron chi connectivity index (χ1n) is 18.5. The molecule has 0 saturated carbocycles. The molecule has 7 rings (SSSR count). The number of allylic oxidation sites excluding steroid dienone is 1. The summed E-state index contributed by atoms with van der Waals surface area (Å²) in [6.07, 6.45) is 4.00. The minimum Gasteiger partial charge on any atom is -0.480 e. The predicted molar refractivity (Wildman–Crippen MR) is 194 cm³/mol. The van der Waals surface area contributed by atoms with Gasteiger partial charge in [0.15, 0.2) is 5.60 Å². The molecule has 2 aliphatic carbocycles. The number of esters is 1. The molecule has 1 aromatic carbocycles. The Kier molecular flexibility index (Phi) is 9.64. The number of halogens is 1. The molecule has 0 bridgehead atoms. The second kappa shape index (κ2) is 14.0. The van der Waals surface area contributed by atoms with Gasteiger partial charge in [0.2, 0.25) is 5.91 Å². The zero-order chi connectivity index (χ0) is 39.6. The summed E-state index contributed by atoms with van der Waals surface area (Å²) in [6.45, 7) is 6.08. The first kappa shape index (κ1) is 37.9. The maximum absolute atomic E-state index is 15.3. The van der Waals surface area contributed by atoms with Crippen LogP contribution in [0.2, 0.25) is 0 Å². The van der Waals surface area contributed by atoms with Crippen molar-refractivity contribution in [3.63, 3.8) is 0 Å². The van der Waals surface area contributed by atoms with Crippen LogP contribution >= 0.6 is 0 Å². The number of nitrogens with zero attached hydrogens (tertiary/aromatic N) is 2. The van der Waals surface area contributed by atoms with Gasteiger partial charge in [-0.2, -0.15) is 0 Å². The average Bonchev–Trinajstić information content (AvgIpc) is 3.50. The van der Waals surface area contributed by atoms with Crippen LogP contribution in [0.25, 0.3) is 22.3 Å². The van der Waals surface area contributed by atoms with Gasteiger partial charge in [0, 0.05) is 34.4 Å². The number of carbonyl (C=O) groups excluding carboxylic acids is 4. The number of ketones is 1. The number of carboxylic acid groups (broad SMARTS) is 1. The van der Waals surface area contributed by atoms with Crippen LogP contribution in [0.1, 0.15) is 105 Å². The van der Waals surface area contributed by atoms with Crippen molar-refractivity contribution in [1.29, 1.82) is 0 Å². The molecule has 2 amide bonds. The summed E-state index contributed by atoms with van der Waals surface area (Å²) in [5.41, 5.74) is 0.469. The molecule has 4 heterocycles. The molecule has 55 heavy (non-hydrogen) atoms. The largest absolute Gasteiger partial charge is 0.480 e. The summed E-state index contributed by atoms with van der Waals surface area (Å²) >= 11 is 0. The normalized spacial score (nSPS) is 24.9. The fourth-order valence-electron chi connectivity index (χ4n) is 8.49. The van der Waals surface area contributed by atoms with E-state index in [-0.39, 0.29) is 55.7 Å². The lowest BCUT2D eigenvalue weighted by molar-refractivity contribution is -0.172. The summed E-state index contributed by atoms with van der Waals surface area (Å²) < 4.78 is 27.9. The molecule has 4 N–H and O–H groups in total. The third-order valence-corrected chi connectivity index (χ3v) is 11.8. The second-order valence-corrected chi connectivity index (χ2v) is 15.3. The van der Waals surface area contributed by atoms with E-state index < -0.39 is 64.5 Å². The molecular formula is C40H43FN4O10. The average molecular weight is 759 g/mol. The minimum absolute atomic E-state index is 0.0259. The molecule has 0 spiro atoms. The summed E-state index contributed by atoms with van der Waals surface area (Å²) in [7, 11) is 0. The van der Waals surface area contributed by atoms with Crippen LogP contribution in [-0.4, -0.2) is 61.6 Å². The van der Waals surface area contributed by atoms with E-state index in [9.17, 15) is 39.0 Å². The van der Waals surface area contributed by atoms with E-state index in [1.54, 1.807) is 32.9 Å². The number of pyridine rings is 2. The van der Waals surface area contributed by atoms with Crippen molar-refractivity contribution in [2.45, 2.75) is 116 Å². The summed E-state index contributed by atoms with van der Waals surface area (Å²) in [5, 5.41) is 27.1. The van der Waals surface area contributed by atoms with Crippen LogP contribution in [0, 0.1) is 18.2 Å². The highest BCUT2D eigenvalue weighted by atomic mass is 19.1. The number of benzene rings is 1. The highest BCUT2D eigenvalue weighted by Gasteiger charge is 2.46. The number of carboxylic acids is 1. The topological polar surface area (TPSA) is 203 Å². The monoisotopic (exact) mass is 758 g/mol. The van der Waals surface area contributed by atoms with Gasteiger partial charge < -0.3 is 34.9 Å². The van der Waals surface area contributed by atoms with Crippen LogP contribution in [0.4, 0.5) is 9.18 Å². The highest BCUT2D eigenvalue weighted by Crippen LogP contribution is 2.46. The first-order valence-corrected chi connectivity index (χ1v) is 18.5. The van der Waals surface area contributed by atoms with Crippen molar-refractivity contribution in [2.24, 2.45) is 5.41 Å². The second-order valence-electron chi connectivity index (χ2n) is 15.3. The van der Waals surface area contributed by atoms with E-state index in [4.69, 9.17) is 14.5 Å². The fraction of sp³-hybridized carbons (Fsp3) is 0.475. The molecule has 15 heteroatoms. The molecule has 2 aliphatic heterocycles. The lowest BCUT2D eigenvalue weighted by atomic mass is 9.77. The number of ether oxygens (including phenoxy) is 2. The number of alkyl carbamates (subject to hydrolysis) is 1. The van der Waals surface area contributed by atoms with Crippen molar-refractivity contribution < 1.29 is 48.0 Å².